The molecule has 1 aromatic rings. The Bertz CT molecular complexity index is 800. The van der Waals surface area contributed by atoms with Crippen LogP contribution >= 0.6 is 12.4 Å². The number of benzene rings is 1. The highest BCUT2D eigenvalue weighted by Crippen LogP contribution is 2.50. The lowest BCUT2D eigenvalue weighted by atomic mass is 9.54. The Morgan fingerprint density at radius 3 is 2.54 bits per heavy atom. The predicted octanol–water partition coefficient (Wildman–Crippen LogP) is 2.66. The number of anilines is 1. The molecule has 28 heavy (non-hydrogen) atoms. The molecule has 4 N–H and O–H groups in total. The number of carbonyl (C=O) groups is 1. The Labute approximate surface area is 174 Å². The van der Waals surface area contributed by atoms with Gasteiger partial charge in [0.2, 0.25) is 15.9 Å². The molecule has 0 bridgehead atoms. The fraction of sp³-hybridized carbons (Fsp3) is 0.632. The third-order valence-electron chi connectivity index (χ3n) is 5.61. The van der Waals surface area contributed by atoms with Crippen LogP contribution in [-0.2, 0) is 19.6 Å². The Morgan fingerprint density at radius 1 is 1.36 bits per heavy atom. The lowest BCUT2D eigenvalue weighted by molar-refractivity contribution is -0.166. The maximum absolute atomic E-state index is 12.8. The molecule has 7 nitrogen and oxygen atoms in total. The maximum Gasteiger partial charge on any atom is 0.245 e. The highest BCUT2D eigenvalue weighted by molar-refractivity contribution is 7.89. The summed E-state index contributed by atoms with van der Waals surface area (Å²) in [6.07, 6.45) is 1.03. The minimum atomic E-state index is -3.65. The largest absolute Gasteiger partial charge is 0.378 e. The van der Waals surface area contributed by atoms with Gasteiger partial charge in [-0.3, -0.25) is 4.79 Å². The molecular formula is C19H32ClN3O4S. The predicted molar refractivity (Wildman–Crippen MR) is 113 cm³/mol. The van der Waals surface area contributed by atoms with Crippen LogP contribution in [0.2, 0.25) is 0 Å². The van der Waals surface area contributed by atoms with Crippen molar-refractivity contribution >= 4 is 34.0 Å². The second kappa shape index (κ2) is 9.09. The lowest BCUT2D eigenvalue weighted by Gasteiger charge is -2.57. The monoisotopic (exact) mass is 433 g/mol. The van der Waals surface area contributed by atoms with Crippen LogP contribution in [0, 0.1) is 5.41 Å². The summed E-state index contributed by atoms with van der Waals surface area (Å²) in [4.78, 5) is 12.9. The SMILES string of the molecule is CCOC1CC(N)(C(=O)Nc2cccc(S(=O)(=O)NC(C)CC)c2)C1(C)C.Cl. The first-order chi connectivity index (χ1) is 12.5. The zero-order chi connectivity index (χ0) is 20.5. The smallest absolute Gasteiger partial charge is 0.245 e. The molecule has 1 aliphatic carbocycles. The fourth-order valence-corrected chi connectivity index (χ4v) is 4.59. The summed E-state index contributed by atoms with van der Waals surface area (Å²) in [7, 11) is -3.65. The van der Waals surface area contributed by atoms with Crippen molar-refractivity contribution in [2.45, 2.75) is 70.0 Å². The molecule has 9 heteroatoms. The lowest BCUT2D eigenvalue weighted by Crippen LogP contribution is -2.74. The molecule has 0 heterocycles. The van der Waals surface area contributed by atoms with Gasteiger partial charge in [-0.15, -0.1) is 12.4 Å². The van der Waals surface area contributed by atoms with Crippen molar-refractivity contribution < 1.29 is 17.9 Å². The molecule has 0 aliphatic heterocycles. The van der Waals surface area contributed by atoms with Gasteiger partial charge >= 0.3 is 0 Å². The number of carbonyl (C=O) groups excluding carboxylic acids is 1. The molecule has 0 saturated heterocycles. The molecule has 1 amide bonds. The van der Waals surface area contributed by atoms with E-state index in [1.165, 1.54) is 12.1 Å². The molecule has 3 atom stereocenters. The molecule has 1 aromatic carbocycles. The Morgan fingerprint density at radius 2 is 2.00 bits per heavy atom. The van der Waals surface area contributed by atoms with Gasteiger partial charge in [-0.2, -0.15) is 0 Å². The van der Waals surface area contributed by atoms with Crippen LogP contribution in [0.15, 0.2) is 29.2 Å². The number of hydrogen-bond acceptors (Lipinski definition) is 5. The zero-order valence-electron chi connectivity index (χ0n) is 17.1. The number of amides is 1. The van der Waals surface area contributed by atoms with Gasteiger partial charge in [0.15, 0.2) is 0 Å². The van der Waals surface area contributed by atoms with Crippen molar-refractivity contribution in [3.05, 3.63) is 24.3 Å². The van der Waals surface area contributed by atoms with Gasteiger partial charge in [-0.05, 0) is 38.5 Å². The van der Waals surface area contributed by atoms with E-state index in [2.05, 4.69) is 10.0 Å². The average Bonchev–Trinajstić information content (AvgIpc) is 2.61. The molecule has 1 saturated carbocycles. The quantitative estimate of drug-likeness (QED) is 0.583. The van der Waals surface area contributed by atoms with E-state index < -0.39 is 21.0 Å². The van der Waals surface area contributed by atoms with Crippen molar-refractivity contribution in [3.8, 4) is 0 Å². The first-order valence-corrected chi connectivity index (χ1v) is 10.8. The molecule has 1 aliphatic rings. The van der Waals surface area contributed by atoms with Crippen LogP contribution in [-0.4, -0.2) is 38.6 Å². The van der Waals surface area contributed by atoms with Crippen LogP contribution in [0.4, 0.5) is 5.69 Å². The van der Waals surface area contributed by atoms with E-state index in [0.29, 0.717) is 25.1 Å². The van der Waals surface area contributed by atoms with Crippen molar-refractivity contribution in [3.63, 3.8) is 0 Å². The van der Waals surface area contributed by atoms with E-state index >= 15 is 0 Å². The first kappa shape index (κ1) is 24.8. The van der Waals surface area contributed by atoms with Gasteiger partial charge in [0, 0.05) is 30.2 Å². The normalized spacial score (nSPS) is 24.6. The molecule has 160 valence electrons. The van der Waals surface area contributed by atoms with Gasteiger partial charge in [-0.25, -0.2) is 13.1 Å². The molecule has 0 radical (unpaired) electrons. The Hall–Kier alpha value is -1.19. The highest BCUT2D eigenvalue weighted by Gasteiger charge is 2.62. The van der Waals surface area contributed by atoms with Gasteiger partial charge in [0.25, 0.3) is 0 Å². The van der Waals surface area contributed by atoms with Crippen LogP contribution in [0.25, 0.3) is 0 Å². The first-order valence-electron chi connectivity index (χ1n) is 9.32. The topological polar surface area (TPSA) is 111 Å². The molecular weight excluding hydrogens is 402 g/mol. The van der Waals surface area contributed by atoms with Crippen molar-refractivity contribution in [1.29, 1.82) is 0 Å². The van der Waals surface area contributed by atoms with E-state index in [1.807, 2.05) is 27.7 Å². The summed E-state index contributed by atoms with van der Waals surface area (Å²) in [6, 6.07) is 6.01. The number of rotatable bonds is 8. The van der Waals surface area contributed by atoms with E-state index in [0.717, 1.165) is 0 Å². The fourth-order valence-electron chi connectivity index (χ4n) is 3.22. The summed E-state index contributed by atoms with van der Waals surface area (Å²) < 4.78 is 33.2. The summed E-state index contributed by atoms with van der Waals surface area (Å²) >= 11 is 0. The van der Waals surface area contributed by atoms with Gasteiger partial charge < -0.3 is 15.8 Å². The highest BCUT2D eigenvalue weighted by atomic mass is 35.5. The Balaban J connectivity index is 0.00000392. The summed E-state index contributed by atoms with van der Waals surface area (Å²) in [6.45, 7) is 10.00. The number of hydrogen-bond donors (Lipinski definition) is 3. The van der Waals surface area contributed by atoms with Crippen LogP contribution in [0.5, 0.6) is 0 Å². The second-order valence-electron chi connectivity index (χ2n) is 7.75. The minimum Gasteiger partial charge on any atom is -0.378 e. The van der Waals surface area contributed by atoms with Crippen molar-refractivity contribution in [2.75, 3.05) is 11.9 Å². The van der Waals surface area contributed by atoms with Gasteiger partial charge in [0.05, 0.1) is 11.0 Å². The number of ether oxygens (including phenoxy) is 1. The number of sulfonamides is 1. The average molecular weight is 434 g/mol. The molecule has 0 spiro atoms. The minimum absolute atomic E-state index is 0. The van der Waals surface area contributed by atoms with Gasteiger partial charge in [-0.1, -0.05) is 26.8 Å². The summed E-state index contributed by atoms with van der Waals surface area (Å²) in [5.74, 6) is -0.340. The second-order valence-corrected chi connectivity index (χ2v) is 9.47. The molecule has 0 aromatic heterocycles. The number of nitrogens with two attached hydrogens (primary N) is 1. The van der Waals surface area contributed by atoms with Crippen LogP contribution in [0.1, 0.15) is 47.5 Å². The van der Waals surface area contributed by atoms with Gasteiger partial charge in [0.1, 0.15) is 5.54 Å². The Kier molecular flexibility index (Phi) is 8.06. The third kappa shape index (κ3) is 4.68. The van der Waals surface area contributed by atoms with E-state index in [-0.39, 0.29) is 35.4 Å². The zero-order valence-corrected chi connectivity index (χ0v) is 18.7. The van der Waals surface area contributed by atoms with Crippen molar-refractivity contribution in [2.24, 2.45) is 11.1 Å². The van der Waals surface area contributed by atoms with E-state index in [9.17, 15) is 13.2 Å². The molecule has 1 fully saturated rings. The molecule has 2 rings (SSSR count). The number of halogens is 1. The number of nitrogens with one attached hydrogen (secondary N) is 2. The summed E-state index contributed by atoms with van der Waals surface area (Å²) in [5, 5.41) is 2.77. The maximum atomic E-state index is 12.8. The van der Waals surface area contributed by atoms with Crippen molar-refractivity contribution in [1.82, 2.24) is 4.72 Å². The molecule has 3 unspecified atom stereocenters. The third-order valence-corrected chi connectivity index (χ3v) is 7.19. The van der Waals surface area contributed by atoms with Crippen LogP contribution in [0.3, 0.4) is 0 Å². The van der Waals surface area contributed by atoms with E-state index in [1.54, 1.807) is 19.1 Å². The van der Waals surface area contributed by atoms with E-state index in [4.69, 9.17) is 10.5 Å². The van der Waals surface area contributed by atoms with Crippen LogP contribution < -0.4 is 15.8 Å². The standard InChI is InChI=1S/C19H31N3O4S.ClH/c1-6-13(3)22-27(24,25)15-10-8-9-14(11-15)21-17(23)19(20)12-16(26-7-2)18(19,4)5;/h8-11,13,16,22H,6-7,12,20H2,1-5H3,(H,21,23);1H. The summed E-state index contributed by atoms with van der Waals surface area (Å²) in [5.41, 5.74) is 5.18.